The number of aromatic nitrogens is 2. The third kappa shape index (κ3) is 4.54. The zero-order valence-electron chi connectivity index (χ0n) is 16.7. The highest BCUT2D eigenvalue weighted by atomic mass is 32.2. The van der Waals surface area contributed by atoms with Crippen LogP contribution >= 0.6 is 0 Å². The zero-order valence-corrected chi connectivity index (χ0v) is 17.5. The van der Waals surface area contributed by atoms with Crippen molar-refractivity contribution in [1.82, 2.24) is 14.3 Å². The van der Waals surface area contributed by atoms with Gasteiger partial charge in [0, 0.05) is 18.2 Å². The van der Waals surface area contributed by atoms with E-state index in [1.54, 1.807) is 12.1 Å². The van der Waals surface area contributed by atoms with Gasteiger partial charge in [-0.2, -0.15) is 13.2 Å². The summed E-state index contributed by atoms with van der Waals surface area (Å²) in [6.07, 6.45) is -2.29. The number of hydrogen-bond donors (Lipinski definition) is 2. The van der Waals surface area contributed by atoms with E-state index in [0.717, 1.165) is 23.5 Å². The number of para-hydroxylation sites is 1. The molecular formula is C21H20F4N4O2S. The summed E-state index contributed by atoms with van der Waals surface area (Å²) in [6.45, 7) is -0.826. The summed E-state index contributed by atoms with van der Waals surface area (Å²) in [7, 11) is -3.75. The minimum Gasteiger partial charge on any atom is -0.327 e. The Hall–Kier alpha value is -2.76. The van der Waals surface area contributed by atoms with E-state index in [1.807, 2.05) is 0 Å². The third-order valence-corrected chi connectivity index (χ3v) is 6.55. The largest absolute Gasteiger partial charge is 0.449 e. The summed E-state index contributed by atoms with van der Waals surface area (Å²) in [4.78, 5) is 3.78. The first-order valence-electron chi connectivity index (χ1n) is 9.84. The van der Waals surface area contributed by atoms with Crippen molar-refractivity contribution in [2.75, 3.05) is 6.54 Å². The molecule has 3 N–H and O–H groups in total. The van der Waals surface area contributed by atoms with Crippen LogP contribution < -0.4 is 10.5 Å². The molecule has 170 valence electrons. The smallest absolute Gasteiger partial charge is 0.327 e. The quantitative estimate of drug-likeness (QED) is 0.514. The van der Waals surface area contributed by atoms with Crippen LogP contribution in [0.3, 0.4) is 0 Å². The van der Waals surface area contributed by atoms with E-state index in [0.29, 0.717) is 11.1 Å². The number of halogens is 4. The zero-order chi connectivity index (χ0) is 23.1. The van der Waals surface area contributed by atoms with Gasteiger partial charge in [0.15, 0.2) is 0 Å². The first-order chi connectivity index (χ1) is 15.1. The Kier molecular flexibility index (Phi) is 5.82. The van der Waals surface area contributed by atoms with Crippen LogP contribution in [0.15, 0.2) is 59.3 Å². The second-order valence-corrected chi connectivity index (χ2v) is 9.22. The summed E-state index contributed by atoms with van der Waals surface area (Å²) in [5, 5.41) is 0. The highest BCUT2D eigenvalue weighted by Crippen LogP contribution is 2.36. The van der Waals surface area contributed by atoms with E-state index in [-0.39, 0.29) is 28.5 Å². The van der Waals surface area contributed by atoms with Gasteiger partial charge in [0.2, 0.25) is 15.8 Å². The second-order valence-electron chi connectivity index (χ2n) is 7.50. The van der Waals surface area contributed by atoms with Crippen LogP contribution in [0, 0.1) is 0 Å². The Morgan fingerprint density at radius 1 is 1.22 bits per heavy atom. The molecule has 1 fully saturated rings. The molecule has 1 heterocycles. The molecule has 0 unspecified atom stereocenters. The second kappa shape index (κ2) is 8.30. The lowest BCUT2D eigenvalue weighted by molar-refractivity contribution is -0.146. The van der Waals surface area contributed by atoms with Crippen LogP contribution in [0.2, 0.25) is 0 Å². The topological polar surface area (TPSA) is 90.0 Å². The Bertz CT molecular complexity index is 1290. The molecule has 3 aromatic rings. The highest BCUT2D eigenvalue weighted by molar-refractivity contribution is 7.89. The van der Waals surface area contributed by atoms with Gasteiger partial charge >= 0.3 is 6.18 Å². The summed E-state index contributed by atoms with van der Waals surface area (Å²) in [5.41, 5.74) is 6.00. The van der Waals surface area contributed by atoms with E-state index in [2.05, 4.69) is 9.71 Å². The molecule has 1 aromatic heterocycles. The van der Waals surface area contributed by atoms with E-state index < -0.39 is 34.4 Å². The van der Waals surface area contributed by atoms with Gasteiger partial charge in [-0.05, 0) is 42.7 Å². The van der Waals surface area contributed by atoms with E-state index >= 15 is 0 Å². The van der Waals surface area contributed by atoms with Crippen molar-refractivity contribution in [2.24, 2.45) is 5.73 Å². The Morgan fingerprint density at radius 2 is 1.94 bits per heavy atom. The number of imidazole rings is 1. The summed E-state index contributed by atoms with van der Waals surface area (Å²) < 4.78 is 83.5. The van der Waals surface area contributed by atoms with Crippen molar-refractivity contribution in [3.05, 3.63) is 60.2 Å². The third-order valence-electron chi connectivity index (χ3n) is 5.04. The number of allylic oxidation sites excluding steroid dienone is 1. The van der Waals surface area contributed by atoms with E-state index in [9.17, 15) is 26.0 Å². The predicted octanol–water partition coefficient (Wildman–Crippen LogP) is 3.97. The Morgan fingerprint density at radius 3 is 2.59 bits per heavy atom. The summed E-state index contributed by atoms with van der Waals surface area (Å²) >= 11 is 0. The molecule has 0 saturated heterocycles. The lowest BCUT2D eigenvalue weighted by atomic mass is 10.0. The van der Waals surface area contributed by atoms with Gasteiger partial charge < -0.3 is 10.3 Å². The molecule has 0 radical (unpaired) electrons. The molecule has 0 aliphatic heterocycles. The van der Waals surface area contributed by atoms with Crippen LogP contribution in [0.25, 0.3) is 22.2 Å². The fraction of sp³-hybridized carbons (Fsp3) is 0.286. The number of alkyl halides is 3. The maximum Gasteiger partial charge on any atom is 0.449 e. The predicted molar refractivity (Wildman–Crippen MR) is 112 cm³/mol. The van der Waals surface area contributed by atoms with E-state index in [1.165, 1.54) is 30.3 Å². The molecule has 0 bridgehead atoms. The van der Waals surface area contributed by atoms with Gasteiger partial charge in [-0.3, -0.25) is 0 Å². The van der Waals surface area contributed by atoms with Crippen molar-refractivity contribution in [3.8, 4) is 11.1 Å². The van der Waals surface area contributed by atoms with Gasteiger partial charge in [-0.1, -0.05) is 24.3 Å². The van der Waals surface area contributed by atoms with Gasteiger partial charge in [-0.15, -0.1) is 0 Å². The average Bonchev–Trinajstić information content (AvgIpc) is 3.45. The number of rotatable bonds is 7. The molecule has 4 rings (SSSR count). The standard InChI is InChI=1S/C21H20F4N4O2S/c22-14(9-10-26)12-29-18-6-2-5-17(19(18)27-20(29)21(23,24)25)13-3-1-4-16(11-13)32(30,31)28-15-7-8-15/h1-6,9,11,15,28H,7-8,10,12,26H2/b14-9-. The number of benzene rings is 2. The summed E-state index contributed by atoms with van der Waals surface area (Å²) in [6, 6.07) is 10.3. The maximum atomic E-state index is 14.1. The fourth-order valence-corrected chi connectivity index (χ4v) is 4.77. The minimum absolute atomic E-state index is 0.00584. The van der Waals surface area contributed by atoms with Gasteiger partial charge in [0.1, 0.15) is 5.83 Å². The van der Waals surface area contributed by atoms with Crippen molar-refractivity contribution >= 4 is 21.1 Å². The SMILES string of the molecule is NC/C=C(\F)Cn1c(C(F)(F)F)nc2c(-c3cccc(S(=O)(=O)NC4CC4)c3)cccc21. The molecule has 1 aliphatic rings. The van der Waals surface area contributed by atoms with Crippen LogP contribution in [0.1, 0.15) is 18.7 Å². The Labute approximate surface area is 181 Å². The van der Waals surface area contributed by atoms with Crippen LogP contribution in [-0.4, -0.2) is 30.6 Å². The molecule has 6 nitrogen and oxygen atoms in total. The number of sulfonamides is 1. The molecular weight excluding hydrogens is 448 g/mol. The van der Waals surface area contributed by atoms with E-state index in [4.69, 9.17) is 5.73 Å². The number of nitrogens with two attached hydrogens (primary N) is 1. The highest BCUT2D eigenvalue weighted by Gasteiger charge is 2.38. The maximum absolute atomic E-state index is 14.1. The molecule has 0 amide bonds. The first-order valence-corrected chi connectivity index (χ1v) is 11.3. The van der Waals surface area contributed by atoms with Crippen LogP contribution in [-0.2, 0) is 22.7 Å². The van der Waals surface area contributed by atoms with Gasteiger partial charge in [0.05, 0.1) is 22.5 Å². The van der Waals surface area contributed by atoms with Crippen LogP contribution in [0.4, 0.5) is 17.6 Å². The lowest BCUT2D eigenvalue weighted by Gasteiger charge is -2.10. The van der Waals surface area contributed by atoms with Gasteiger partial charge in [0.25, 0.3) is 0 Å². The van der Waals surface area contributed by atoms with Crippen molar-refractivity contribution in [2.45, 2.75) is 36.5 Å². The van der Waals surface area contributed by atoms with Crippen molar-refractivity contribution < 1.29 is 26.0 Å². The van der Waals surface area contributed by atoms with Crippen LogP contribution in [0.5, 0.6) is 0 Å². The molecule has 32 heavy (non-hydrogen) atoms. The summed E-state index contributed by atoms with van der Waals surface area (Å²) in [5.74, 6) is -2.07. The first kappa shape index (κ1) is 22.4. The lowest BCUT2D eigenvalue weighted by Crippen LogP contribution is -2.25. The number of nitrogens with zero attached hydrogens (tertiary/aromatic N) is 2. The minimum atomic E-state index is -4.82. The number of hydrogen-bond acceptors (Lipinski definition) is 4. The molecule has 0 atom stereocenters. The normalized spacial score (nSPS) is 15.5. The van der Waals surface area contributed by atoms with Gasteiger partial charge in [-0.25, -0.2) is 22.5 Å². The Balaban J connectivity index is 1.85. The number of nitrogens with one attached hydrogen (secondary N) is 1. The number of fused-ring (bicyclic) bond motifs is 1. The average molecular weight is 468 g/mol. The molecule has 2 aromatic carbocycles. The molecule has 1 aliphatic carbocycles. The fourth-order valence-electron chi connectivity index (χ4n) is 3.42. The molecule has 11 heteroatoms. The molecule has 1 saturated carbocycles. The van der Waals surface area contributed by atoms with Crippen molar-refractivity contribution in [3.63, 3.8) is 0 Å². The monoisotopic (exact) mass is 468 g/mol. The molecule has 0 spiro atoms. The van der Waals surface area contributed by atoms with Crippen molar-refractivity contribution in [1.29, 1.82) is 0 Å².